The molecule has 0 N–H and O–H groups in total. The van der Waals surface area contributed by atoms with Crippen LogP contribution in [0, 0.1) is 0 Å². The molecule has 0 bridgehead atoms. The first-order valence-electron chi connectivity index (χ1n) is 7.09. The lowest BCUT2D eigenvalue weighted by Gasteiger charge is -2.10. The van der Waals surface area contributed by atoms with Crippen LogP contribution in [0.4, 0.5) is 0 Å². The molecule has 1 aromatic heterocycles. The van der Waals surface area contributed by atoms with Crippen LogP contribution >= 0.6 is 0 Å². The first-order valence-corrected chi connectivity index (χ1v) is 7.09. The molecule has 1 heterocycles. The number of ketones is 1. The van der Waals surface area contributed by atoms with Crippen LogP contribution in [-0.4, -0.2) is 36.3 Å². The Kier molecular flexibility index (Phi) is 5.30. The van der Waals surface area contributed by atoms with Gasteiger partial charge in [0, 0.05) is 5.56 Å². The van der Waals surface area contributed by atoms with Gasteiger partial charge in [-0.1, -0.05) is 0 Å². The molecule has 6 heteroatoms. The summed E-state index contributed by atoms with van der Waals surface area (Å²) < 4.78 is 11.3. The zero-order chi connectivity index (χ0) is 16.8. The molecule has 0 saturated carbocycles. The van der Waals surface area contributed by atoms with Crippen LogP contribution in [0.3, 0.4) is 0 Å². The number of Topliss-reactive ketones (excluding diaryl/α,β-unsaturated/α-hetero) is 1. The lowest BCUT2D eigenvalue weighted by atomic mass is 10.1. The third-order valence-corrected chi connectivity index (χ3v) is 3.33. The number of carbonyl (C=O) groups is 3. The highest BCUT2D eigenvalue weighted by atomic mass is 16.5. The zero-order valence-electron chi connectivity index (χ0n) is 12.9. The molecule has 0 amide bonds. The highest BCUT2D eigenvalue weighted by molar-refractivity contribution is 5.97. The number of methoxy groups -OCH3 is 1. The Balaban J connectivity index is 2.26. The number of hydrogen-bond donors (Lipinski definition) is 0. The Morgan fingerprint density at radius 3 is 2.39 bits per heavy atom. The molecule has 0 radical (unpaired) electrons. The summed E-state index contributed by atoms with van der Waals surface area (Å²) in [5, 5.41) is 0. The van der Waals surface area contributed by atoms with E-state index in [-0.39, 0.29) is 30.3 Å². The minimum absolute atomic E-state index is 0.123. The number of nitrogens with zero attached hydrogens (tertiary/aromatic N) is 1. The smallest absolute Gasteiger partial charge is 0.354 e. The maximum absolute atomic E-state index is 12.4. The van der Waals surface area contributed by atoms with Crippen LogP contribution in [0.1, 0.15) is 38.3 Å². The van der Waals surface area contributed by atoms with E-state index in [1.54, 1.807) is 38.3 Å². The van der Waals surface area contributed by atoms with Crippen molar-refractivity contribution in [1.29, 1.82) is 0 Å². The molecule has 2 rings (SSSR count). The van der Waals surface area contributed by atoms with Crippen molar-refractivity contribution in [3.05, 3.63) is 53.3 Å². The molecule has 0 saturated heterocycles. The van der Waals surface area contributed by atoms with Gasteiger partial charge in [-0.3, -0.25) is 9.59 Å². The van der Waals surface area contributed by atoms with E-state index in [0.29, 0.717) is 17.6 Å². The van der Waals surface area contributed by atoms with Crippen LogP contribution in [0.25, 0.3) is 0 Å². The summed E-state index contributed by atoms with van der Waals surface area (Å²) in [6.45, 7) is 1.78. The maximum atomic E-state index is 12.4. The Hall–Kier alpha value is -2.89. The second-order valence-electron chi connectivity index (χ2n) is 4.72. The van der Waals surface area contributed by atoms with E-state index in [4.69, 9.17) is 9.47 Å². The molecular weight excluding hydrogens is 298 g/mol. The maximum Gasteiger partial charge on any atom is 0.354 e. The van der Waals surface area contributed by atoms with Crippen molar-refractivity contribution >= 4 is 18.0 Å². The van der Waals surface area contributed by atoms with E-state index in [9.17, 15) is 14.4 Å². The molecule has 0 atom stereocenters. The molecule has 1 aromatic carbocycles. The van der Waals surface area contributed by atoms with Gasteiger partial charge in [-0.05, 0) is 43.3 Å². The average Bonchev–Trinajstić information content (AvgIpc) is 2.97. The van der Waals surface area contributed by atoms with Crippen LogP contribution in [-0.2, 0) is 11.3 Å². The third-order valence-electron chi connectivity index (χ3n) is 3.33. The highest BCUT2D eigenvalue weighted by Gasteiger charge is 2.18. The van der Waals surface area contributed by atoms with Gasteiger partial charge < -0.3 is 14.0 Å². The highest BCUT2D eigenvalue weighted by Crippen LogP contribution is 2.15. The zero-order valence-corrected chi connectivity index (χ0v) is 12.9. The van der Waals surface area contributed by atoms with Crippen LogP contribution in [0.2, 0.25) is 0 Å². The first kappa shape index (κ1) is 16.5. The quantitative estimate of drug-likeness (QED) is 0.445. The molecule has 120 valence electrons. The summed E-state index contributed by atoms with van der Waals surface area (Å²) >= 11 is 0. The Labute approximate surface area is 133 Å². The summed E-state index contributed by atoms with van der Waals surface area (Å²) in [4.78, 5) is 35.4. The van der Waals surface area contributed by atoms with E-state index >= 15 is 0 Å². The summed E-state index contributed by atoms with van der Waals surface area (Å²) in [7, 11) is 1.54. The van der Waals surface area contributed by atoms with Gasteiger partial charge >= 0.3 is 5.97 Å². The molecule has 0 aliphatic rings. The summed E-state index contributed by atoms with van der Waals surface area (Å²) in [5.41, 5.74) is 0.886. The molecule has 0 aliphatic heterocycles. The standard InChI is InChI=1S/C17H17NO5/c1-3-23-17(21)15-9-6-13(11-19)18(15)10-16(20)12-4-7-14(22-2)8-5-12/h4-9,11H,3,10H2,1-2H3. The van der Waals surface area contributed by atoms with E-state index in [1.807, 2.05) is 0 Å². The molecule has 0 aliphatic carbocycles. The third kappa shape index (κ3) is 3.66. The van der Waals surface area contributed by atoms with Crippen LogP contribution in [0.5, 0.6) is 5.75 Å². The second-order valence-corrected chi connectivity index (χ2v) is 4.72. The fourth-order valence-corrected chi connectivity index (χ4v) is 2.16. The van der Waals surface area contributed by atoms with Crippen molar-refractivity contribution in [2.75, 3.05) is 13.7 Å². The molecule has 0 fully saturated rings. The SMILES string of the molecule is CCOC(=O)c1ccc(C=O)n1CC(=O)c1ccc(OC)cc1. The topological polar surface area (TPSA) is 74.6 Å². The largest absolute Gasteiger partial charge is 0.497 e. The lowest BCUT2D eigenvalue weighted by Crippen LogP contribution is -2.19. The van der Waals surface area contributed by atoms with Crippen molar-refractivity contribution in [1.82, 2.24) is 4.57 Å². The van der Waals surface area contributed by atoms with Gasteiger partial charge in [0.25, 0.3) is 0 Å². The number of carbonyl (C=O) groups excluding carboxylic acids is 3. The number of hydrogen-bond acceptors (Lipinski definition) is 5. The number of esters is 1. The lowest BCUT2D eigenvalue weighted by molar-refractivity contribution is 0.0514. The fraction of sp³-hybridized carbons (Fsp3) is 0.235. The number of aldehydes is 1. The minimum atomic E-state index is -0.567. The van der Waals surface area contributed by atoms with Gasteiger partial charge in [0.15, 0.2) is 12.1 Å². The van der Waals surface area contributed by atoms with Gasteiger partial charge in [0.2, 0.25) is 0 Å². The van der Waals surface area contributed by atoms with Crippen molar-refractivity contribution in [3.8, 4) is 5.75 Å². The van der Waals surface area contributed by atoms with Crippen molar-refractivity contribution < 1.29 is 23.9 Å². The Morgan fingerprint density at radius 2 is 1.83 bits per heavy atom. The predicted molar refractivity (Wildman–Crippen MR) is 83.1 cm³/mol. The Morgan fingerprint density at radius 1 is 1.13 bits per heavy atom. The van der Waals surface area contributed by atoms with E-state index in [0.717, 1.165) is 0 Å². The van der Waals surface area contributed by atoms with Gasteiger partial charge in [0.05, 0.1) is 26.0 Å². The summed E-state index contributed by atoms with van der Waals surface area (Å²) in [6, 6.07) is 9.58. The fourth-order valence-electron chi connectivity index (χ4n) is 2.16. The molecule has 0 unspecified atom stereocenters. The second kappa shape index (κ2) is 7.40. The number of rotatable bonds is 7. The number of aromatic nitrogens is 1. The van der Waals surface area contributed by atoms with Gasteiger partial charge in [-0.25, -0.2) is 4.79 Å². The number of benzene rings is 1. The normalized spacial score (nSPS) is 10.2. The molecular formula is C17H17NO5. The van der Waals surface area contributed by atoms with Gasteiger partial charge in [0.1, 0.15) is 11.4 Å². The molecule has 23 heavy (non-hydrogen) atoms. The van der Waals surface area contributed by atoms with Crippen LogP contribution in [0.15, 0.2) is 36.4 Å². The van der Waals surface area contributed by atoms with Crippen LogP contribution < -0.4 is 4.74 Å². The number of ether oxygens (including phenoxy) is 2. The monoisotopic (exact) mass is 315 g/mol. The minimum Gasteiger partial charge on any atom is -0.497 e. The Bertz CT molecular complexity index is 715. The average molecular weight is 315 g/mol. The van der Waals surface area contributed by atoms with E-state index in [2.05, 4.69) is 0 Å². The summed E-state index contributed by atoms with van der Waals surface area (Å²) in [6.07, 6.45) is 0.601. The van der Waals surface area contributed by atoms with Crippen molar-refractivity contribution in [2.24, 2.45) is 0 Å². The van der Waals surface area contributed by atoms with E-state index < -0.39 is 5.97 Å². The predicted octanol–water partition coefficient (Wildman–Crippen LogP) is 2.37. The molecule has 0 spiro atoms. The van der Waals surface area contributed by atoms with Crippen molar-refractivity contribution in [2.45, 2.75) is 13.5 Å². The first-order chi connectivity index (χ1) is 11.1. The molecule has 6 nitrogen and oxygen atoms in total. The summed E-state index contributed by atoms with van der Waals surface area (Å²) in [5.74, 6) is -0.149. The molecule has 2 aromatic rings. The van der Waals surface area contributed by atoms with Crippen molar-refractivity contribution in [3.63, 3.8) is 0 Å². The van der Waals surface area contributed by atoms with E-state index in [1.165, 1.54) is 16.7 Å². The van der Waals surface area contributed by atoms with Gasteiger partial charge in [-0.2, -0.15) is 0 Å². The van der Waals surface area contributed by atoms with Gasteiger partial charge in [-0.15, -0.1) is 0 Å².